The number of aliphatic hydroxyl groups is 1. The summed E-state index contributed by atoms with van der Waals surface area (Å²) in [7, 11) is 0. The van der Waals surface area contributed by atoms with Gasteiger partial charge in [-0.15, -0.1) is 0 Å². The van der Waals surface area contributed by atoms with Crippen LogP contribution in [0.4, 0.5) is 14.9 Å². The SMILES string of the molecule is C[C@@H]1CN(CC(=O)N2CC(C)(C)c3cnc(Cc4ccc(F)cc4)cc32)[C@@H](CO)CN1C(=O)OC(C)(C)C. The van der Waals surface area contributed by atoms with E-state index in [2.05, 4.69) is 18.8 Å². The molecule has 3 heterocycles. The van der Waals surface area contributed by atoms with Crippen LogP contribution in [0.1, 0.15) is 58.4 Å². The molecule has 2 aromatic rings. The fraction of sp³-hybridized carbons (Fsp3) is 0.552. The molecule has 2 aliphatic heterocycles. The molecule has 38 heavy (non-hydrogen) atoms. The third kappa shape index (κ3) is 6.15. The minimum atomic E-state index is -0.612. The molecule has 0 bridgehead atoms. The number of hydrogen-bond acceptors (Lipinski definition) is 6. The number of amides is 2. The van der Waals surface area contributed by atoms with Gasteiger partial charge in [-0.2, -0.15) is 0 Å². The van der Waals surface area contributed by atoms with Crippen LogP contribution >= 0.6 is 0 Å². The Morgan fingerprint density at radius 3 is 2.50 bits per heavy atom. The molecule has 0 aliphatic carbocycles. The van der Waals surface area contributed by atoms with Gasteiger partial charge in [-0.1, -0.05) is 26.0 Å². The zero-order valence-electron chi connectivity index (χ0n) is 23.2. The minimum absolute atomic E-state index is 0.0628. The second-order valence-corrected chi connectivity index (χ2v) is 12.1. The van der Waals surface area contributed by atoms with Gasteiger partial charge in [0.1, 0.15) is 11.4 Å². The molecule has 206 valence electrons. The first-order chi connectivity index (χ1) is 17.8. The van der Waals surface area contributed by atoms with E-state index in [-0.39, 0.29) is 48.9 Å². The number of rotatable bonds is 5. The van der Waals surface area contributed by atoms with E-state index in [0.717, 1.165) is 22.5 Å². The van der Waals surface area contributed by atoms with Crippen LogP contribution in [0.2, 0.25) is 0 Å². The molecule has 1 aromatic heterocycles. The van der Waals surface area contributed by atoms with Gasteiger partial charge < -0.3 is 19.6 Å². The maximum atomic E-state index is 13.7. The Kier molecular flexibility index (Phi) is 7.81. The smallest absolute Gasteiger partial charge is 0.410 e. The van der Waals surface area contributed by atoms with E-state index in [1.165, 1.54) is 12.1 Å². The first kappa shape index (κ1) is 28.0. The summed E-state index contributed by atoms with van der Waals surface area (Å²) in [4.78, 5) is 36.4. The topological polar surface area (TPSA) is 86.2 Å². The monoisotopic (exact) mass is 526 g/mol. The zero-order valence-corrected chi connectivity index (χ0v) is 23.2. The molecule has 1 saturated heterocycles. The molecule has 0 spiro atoms. The summed E-state index contributed by atoms with van der Waals surface area (Å²) < 4.78 is 18.9. The molecule has 0 unspecified atom stereocenters. The minimum Gasteiger partial charge on any atom is -0.444 e. The molecule has 1 N–H and O–H groups in total. The zero-order chi connectivity index (χ0) is 27.8. The number of piperazine rings is 1. The Balaban J connectivity index is 1.49. The number of carbonyl (C=O) groups excluding carboxylic acids is 2. The Labute approximate surface area is 224 Å². The molecular formula is C29H39FN4O4. The van der Waals surface area contributed by atoms with Gasteiger partial charge >= 0.3 is 6.09 Å². The number of benzene rings is 1. The molecule has 2 amide bonds. The number of carbonyl (C=O) groups is 2. The number of fused-ring (bicyclic) bond motifs is 1. The molecule has 0 saturated carbocycles. The van der Waals surface area contributed by atoms with Gasteiger partial charge in [0, 0.05) is 55.0 Å². The standard InChI is InChI=1S/C29H39FN4O4/c1-19-14-32(23(17-35)15-33(19)27(37)38-28(2,3)4)16-26(36)34-18-29(5,6)24-13-31-22(12-25(24)34)11-20-7-9-21(30)10-8-20/h7-10,12-13,19,23,35H,11,14-18H2,1-6H3/t19-,23-/m1/s1. The van der Waals surface area contributed by atoms with E-state index >= 15 is 0 Å². The molecule has 1 aromatic carbocycles. The van der Waals surface area contributed by atoms with Crippen molar-refractivity contribution in [3.8, 4) is 0 Å². The first-order valence-electron chi connectivity index (χ1n) is 13.2. The Hall–Kier alpha value is -3.04. The van der Waals surface area contributed by atoms with Gasteiger partial charge in [0.15, 0.2) is 0 Å². The van der Waals surface area contributed by atoms with Crippen molar-refractivity contribution in [1.29, 1.82) is 0 Å². The molecule has 0 radical (unpaired) electrons. The van der Waals surface area contributed by atoms with Crippen molar-refractivity contribution in [3.05, 3.63) is 59.2 Å². The molecule has 1 fully saturated rings. The van der Waals surface area contributed by atoms with Gasteiger partial charge in [0.25, 0.3) is 0 Å². The van der Waals surface area contributed by atoms with Crippen molar-refractivity contribution < 1.29 is 23.8 Å². The highest BCUT2D eigenvalue weighted by Crippen LogP contribution is 2.40. The van der Waals surface area contributed by atoms with Gasteiger partial charge in [0.05, 0.1) is 24.9 Å². The normalized spacial score (nSPS) is 21.4. The van der Waals surface area contributed by atoms with Crippen LogP contribution in [-0.2, 0) is 21.4 Å². The van der Waals surface area contributed by atoms with Gasteiger partial charge in [0.2, 0.25) is 5.91 Å². The number of aromatic nitrogens is 1. The lowest BCUT2D eigenvalue weighted by molar-refractivity contribution is -0.121. The van der Waals surface area contributed by atoms with Gasteiger partial charge in [-0.25, -0.2) is 9.18 Å². The maximum Gasteiger partial charge on any atom is 0.410 e. The number of aliphatic hydroxyl groups excluding tert-OH is 1. The number of halogens is 1. The number of nitrogens with zero attached hydrogens (tertiary/aromatic N) is 4. The first-order valence-corrected chi connectivity index (χ1v) is 13.2. The van der Waals surface area contributed by atoms with Crippen molar-refractivity contribution in [3.63, 3.8) is 0 Å². The highest BCUT2D eigenvalue weighted by atomic mass is 19.1. The molecular weight excluding hydrogens is 487 g/mol. The quantitative estimate of drug-likeness (QED) is 0.639. The molecule has 9 heteroatoms. The number of pyridine rings is 1. The predicted molar refractivity (Wildman–Crippen MR) is 144 cm³/mol. The molecule has 4 rings (SSSR count). The fourth-order valence-electron chi connectivity index (χ4n) is 5.24. The predicted octanol–water partition coefficient (Wildman–Crippen LogP) is 3.74. The van der Waals surface area contributed by atoms with Crippen molar-refractivity contribution in [2.24, 2.45) is 0 Å². The largest absolute Gasteiger partial charge is 0.444 e. The van der Waals surface area contributed by atoms with E-state index in [1.54, 1.807) is 17.0 Å². The second-order valence-electron chi connectivity index (χ2n) is 12.1. The summed E-state index contributed by atoms with van der Waals surface area (Å²) in [6, 6.07) is 7.76. The van der Waals surface area contributed by atoms with Crippen LogP contribution in [0.3, 0.4) is 0 Å². The van der Waals surface area contributed by atoms with E-state index in [9.17, 15) is 19.1 Å². The van der Waals surface area contributed by atoms with E-state index in [0.29, 0.717) is 19.5 Å². The third-order valence-corrected chi connectivity index (χ3v) is 7.24. The van der Waals surface area contributed by atoms with Crippen molar-refractivity contribution in [2.75, 3.05) is 37.7 Å². The lowest BCUT2D eigenvalue weighted by Gasteiger charge is -2.44. The molecule has 8 nitrogen and oxygen atoms in total. The van der Waals surface area contributed by atoms with Crippen LogP contribution < -0.4 is 4.90 Å². The van der Waals surface area contributed by atoms with Crippen molar-refractivity contribution >= 4 is 17.7 Å². The maximum absolute atomic E-state index is 13.7. The Bertz CT molecular complexity index is 1180. The lowest BCUT2D eigenvalue weighted by Crippen LogP contribution is -2.62. The van der Waals surface area contributed by atoms with Crippen molar-refractivity contribution in [2.45, 2.75) is 71.1 Å². The van der Waals surface area contributed by atoms with Gasteiger partial charge in [-0.3, -0.25) is 14.7 Å². The van der Waals surface area contributed by atoms with E-state index < -0.39 is 11.7 Å². The van der Waals surface area contributed by atoms with Crippen LogP contribution in [-0.4, -0.2) is 82.4 Å². The fourth-order valence-corrected chi connectivity index (χ4v) is 5.24. The third-order valence-electron chi connectivity index (χ3n) is 7.24. The summed E-state index contributed by atoms with van der Waals surface area (Å²) in [6.45, 7) is 12.8. The van der Waals surface area contributed by atoms with Crippen LogP contribution in [0.25, 0.3) is 0 Å². The number of hydrogen-bond donors (Lipinski definition) is 1. The summed E-state index contributed by atoms with van der Waals surface area (Å²) in [5.74, 6) is -0.344. The summed E-state index contributed by atoms with van der Waals surface area (Å²) in [5, 5.41) is 10.1. The summed E-state index contributed by atoms with van der Waals surface area (Å²) in [5.41, 5.74) is 2.73. The van der Waals surface area contributed by atoms with E-state index in [4.69, 9.17) is 4.74 Å². The van der Waals surface area contributed by atoms with Gasteiger partial charge in [-0.05, 0) is 51.5 Å². The average molecular weight is 527 g/mol. The Morgan fingerprint density at radius 1 is 1.18 bits per heavy atom. The van der Waals surface area contributed by atoms with E-state index in [1.807, 2.05) is 49.8 Å². The highest BCUT2D eigenvalue weighted by Gasteiger charge is 2.41. The highest BCUT2D eigenvalue weighted by molar-refractivity contribution is 5.97. The van der Waals surface area contributed by atoms with Crippen LogP contribution in [0.15, 0.2) is 36.5 Å². The molecule has 2 aliphatic rings. The summed E-state index contributed by atoms with van der Waals surface area (Å²) >= 11 is 0. The average Bonchev–Trinajstić information content (AvgIpc) is 3.10. The lowest BCUT2D eigenvalue weighted by atomic mass is 9.88. The Morgan fingerprint density at radius 2 is 1.87 bits per heavy atom. The van der Waals surface area contributed by atoms with Crippen LogP contribution in [0.5, 0.6) is 0 Å². The van der Waals surface area contributed by atoms with Crippen LogP contribution in [0, 0.1) is 5.82 Å². The number of anilines is 1. The molecule has 2 atom stereocenters. The number of ether oxygens (including phenoxy) is 1. The van der Waals surface area contributed by atoms with Crippen molar-refractivity contribution in [1.82, 2.24) is 14.8 Å². The second kappa shape index (κ2) is 10.6. The summed E-state index contributed by atoms with van der Waals surface area (Å²) in [6.07, 6.45) is 1.97.